The zero-order chi connectivity index (χ0) is 16.8. The van der Waals surface area contributed by atoms with Crippen molar-refractivity contribution in [1.29, 1.82) is 0 Å². The van der Waals surface area contributed by atoms with Crippen LogP contribution in [0.4, 0.5) is 0 Å². The van der Waals surface area contributed by atoms with Crippen LogP contribution < -0.4 is 9.47 Å². The Morgan fingerprint density at radius 1 is 1.26 bits per heavy atom. The summed E-state index contributed by atoms with van der Waals surface area (Å²) in [6, 6.07) is 8.87. The molecule has 0 spiro atoms. The monoisotopic (exact) mass is 351 g/mol. The molecule has 122 valence electrons. The Morgan fingerprint density at radius 3 is 2.57 bits per heavy atom. The molecule has 1 amide bonds. The van der Waals surface area contributed by atoms with E-state index in [9.17, 15) is 4.79 Å². The molecule has 0 atom stereocenters. The molecule has 0 N–H and O–H groups in total. The van der Waals surface area contributed by atoms with E-state index in [2.05, 4.69) is 6.58 Å². The van der Waals surface area contributed by atoms with Crippen LogP contribution in [0.15, 0.2) is 43.0 Å². The van der Waals surface area contributed by atoms with Crippen LogP contribution >= 0.6 is 22.9 Å². The number of carbonyl (C=O) groups is 1. The van der Waals surface area contributed by atoms with Crippen LogP contribution in [-0.4, -0.2) is 31.6 Å². The fourth-order valence-electron chi connectivity index (χ4n) is 2.15. The van der Waals surface area contributed by atoms with Crippen molar-refractivity contribution in [3.05, 3.63) is 57.8 Å². The van der Waals surface area contributed by atoms with Gasteiger partial charge in [0.05, 0.1) is 25.1 Å². The molecule has 0 unspecified atom stereocenters. The van der Waals surface area contributed by atoms with Gasteiger partial charge in [-0.2, -0.15) is 0 Å². The average Bonchev–Trinajstić information content (AvgIpc) is 2.98. The lowest BCUT2D eigenvalue weighted by molar-refractivity contribution is 0.0764. The highest BCUT2D eigenvalue weighted by molar-refractivity contribution is 7.16. The molecular formula is C17H18ClNO3S. The summed E-state index contributed by atoms with van der Waals surface area (Å²) in [4.78, 5) is 15.5. The lowest BCUT2D eigenvalue weighted by atomic mass is 10.1. The van der Waals surface area contributed by atoms with E-state index in [1.54, 1.807) is 43.4 Å². The van der Waals surface area contributed by atoms with Crippen LogP contribution in [0.2, 0.25) is 4.34 Å². The van der Waals surface area contributed by atoms with Gasteiger partial charge in [-0.15, -0.1) is 17.9 Å². The van der Waals surface area contributed by atoms with Gasteiger partial charge in [-0.3, -0.25) is 4.79 Å². The minimum Gasteiger partial charge on any atom is -0.493 e. The molecule has 1 heterocycles. The zero-order valence-corrected chi connectivity index (χ0v) is 14.6. The summed E-state index contributed by atoms with van der Waals surface area (Å²) in [6.07, 6.45) is 1.70. The number of rotatable bonds is 7. The van der Waals surface area contributed by atoms with Gasteiger partial charge in [-0.25, -0.2) is 0 Å². The van der Waals surface area contributed by atoms with Crippen molar-refractivity contribution in [2.45, 2.75) is 6.54 Å². The molecule has 0 fully saturated rings. The molecule has 0 aliphatic carbocycles. The standard InChI is InChI=1S/C17H18ClNO3S/c1-4-9-19(11-13-6-8-16(18)23-13)17(20)12-5-7-14(21-2)15(10-12)22-3/h4-8,10H,1,9,11H2,2-3H3. The van der Waals surface area contributed by atoms with Crippen molar-refractivity contribution in [2.75, 3.05) is 20.8 Å². The van der Waals surface area contributed by atoms with E-state index in [-0.39, 0.29) is 5.91 Å². The summed E-state index contributed by atoms with van der Waals surface area (Å²) in [5.74, 6) is 1.01. The maximum absolute atomic E-state index is 12.8. The second-order valence-corrected chi connectivity index (χ2v) is 6.55. The Kier molecular flexibility index (Phi) is 6.07. The molecule has 6 heteroatoms. The largest absolute Gasteiger partial charge is 0.493 e. The normalized spacial score (nSPS) is 10.2. The number of thiophene rings is 1. The van der Waals surface area contributed by atoms with Gasteiger partial charge in [0.1, 0.15) is 0 Å². The summed E-state index contributed by atoms with van der Waals surface area (Å²) in [6.45, 7) is 4.65. The minimum atomic E-state index is -0.102. The molecule has 0 aliphatic rings. The van der Waals surface area contributed by atoms with E-state index in [0.29, 0.717) is 34.5 Å². The third-order valence-electron chi connectivity index (χ3n) is 3.24. The number of hydrogen-bond donors (Lipinski definition) is 0. The van der Waals surface area contributed by atoms with Crippen molar-refractivity contribution in [2.24, 2.45) is 0 Å². The summed E-state index contributed by atoms with van der Waals surface area (Å²) in [5.41, 5.74) is 0.534. The third kappa shape index (κ3) is 4.27. The number of ether oxygens (including phenoxy) is 2. The first-order valence-corrected chi connectivity index (χ1v) is 8.15. The van der Waals surface area contributed by atoms with Gasteiger partial charge in [-0.05, 0) is 30.3 Å². The Hall–Kier alpha value is -1.98. The Morgan fingerprint density at radius 2 is 2.00 bits per heavy atom. The van der Waals surface area contributed by atoms with Gasteiger partial charge in [0.15, 0.2) is 11.5 Å². The van der Waals surface area contributed by atoms with E-state index < -0.39 is 0 Å². The molecular weight excluding hydrogens is 334 g/mol. The van der Waals surface area contributed by atoms with E-state index in [4.69, 9.17) is 21.1 Å². The van der Waals surface area contributed by atoms with Crippen LogP contribution in [0.3, 0.4) is 0 Å². The predicted molar refractivity (Wildman–Crippen MR) is 93.8 cm³/mol. The molecule has 0 bridgehead atoms. The maximum Gasteiger partial charge on any atom is 0.254 e. The van der Waals surface area contributed by atoms with Crippen LogP contribution in [0, 0.1) is 0 Å². The summed E-state index contributed by atoms with van der Waals surface area (Å²) < 4.78 is 11.2. The van der Waals surface area contributed by atoms with Crippen molar-refractivity contribution < 1.29 is 14.3 Å². The molecule has 0 aliphatic heterocycles. The number of nitrogens with zero attached hydrogens (tertiary/aromatic N) is 1. The van der Waals surface area contributed by atoms with Crippen molar-refractivity contribution in [3.8, 4) is 11.5 Å². The Balaban J connectivity index is 2.24. The van der Waals surface area contributed by atoms with Gasteiger partial charge in [0.2, 0.25) is 0 Å². The van der Waals surface area contributed by atoms with Crippen molar-refractivity contribution >= 4 is 28.8 Å². The maximum atomic E-state index is 12.8. The highest BCUT2D eigenvalue weighted by Crippen LogP contribution is 2.29. The molecule has 23 heavy (non-hydrogen) atoms. The van der Waals surface area contributed by atoms with Gasteiger partial charge in [0.25, 0.3) is 5.91 Å². The molecule has 2 rings (SSSR count). The number of amides is 1. The van der Waals surface area contributed by atoms with E-state index in [1.807, 2.05) is 12.1 Å². The van der Waals surface area contributed by atoms with E-state index >= 15 is 0 Å². The predicted octanol–water partition coefficient (Wildman–Crippen LogP) is 4.25. The van der Waals surface area contributed by atoms with E-state index in [0.717, 1.165) is 4.88 Å². The molecule has 2 aromatic rings. The van der Waals surface area contributed by atoms with Gasteiger partial charge >= 0.3 is 0 Å². The fraction of sp³-hybridized carbons (Fsp3) is 0.235. The summed E-state index contributed by atoms with van der Waals surface area (Å²) in [5, 5.41) is 0. The zero-order valence-electron chi connectivity index (χ0n) is 13.0. The fourth-order valence-corrected chi connectivity index (χ4v) is 3.26. The number of benzene rings is 1. The smallest absolute Gasteiger partial charge is 0.254 e. The molecule has 0 radical (unpaired) electrons. The summed E-state index contributed by atoms with van der Waals surface area (Å²) >= 11 is 7.42. The topological polar surface area (TPSA) is 38.8 Å². The lowest BCUT2D eigenvalue weighted by Crippen LogP contribution is -2.30. The van der Waals surface area contributed by atoms with Crippen LogP contribution in [0.5, 0.6) is 11.5 Å². The first kappa shape index (κ1) is 17.4. The lowest BCUT2D eigenvalue weighted by Gasteiger charge is -2.21. The first-order chi connectivity index (χ1) is 11.1. The second-order valence-electron chi connectivity index (χ2n) is 4.75. The van der Waals surface area contributed by atoms with Gasteiger partial charge < -0.3 is 14.4 Å². The van der Waals surface area contributed by atoms with Gasteiger partial charge in [0, 0.05) is 17.0 Å². The Labute approximate surface area is 144 Å². The minimum absolute atomic E-state index is 0.102. The highest BCUT2D eigenvalue weighted by Gasteiger charge is 2.18. The van der Waals surface area contributed by atoms with Crippen molar-refractivity contribution in [3.63, 3.8) is 0 Å². The van der Waals surface area contributed by atoms with Crippen LogP contribution in [0.25, 0.3) is 0 Å². The molecule has 0 saturated heterocycles. The number of hydrogen-bond acceptors (Lipinski definition) is 4. The van der Waals surface area contributed by atoms with E-state index in [1.165, 1.54) is 11.3 Å². The number of carbonyl (C=O) groups excluding carboxylic acids is 1. The second kappa shape index (κ2) is 8.04. The Bertz CT molecular complexity index is 699. The SMILES string of the molecule is C=CCN(Cc1ccc(Cl)s1)C(=O)c1ccc(OC)c(OC)c1. The third-order valence-corrected chi connectivity index (χ3v) is 4.46. The molecule has 4 nitrogen and oxygen atoms in total. The number of halogens is 1. The highest BCUT2D eigenvalue weighted by atomic mass is 35.5. The number of methoxy groups -OCH3 is 2. The van der Waals surface area contributed by atoms with Crippen LogP contribution in [-0.2, 0) is 6.54 Å². The summed E-state index contributed by atoms with van der Waals surface area (Å²) in [7, 11) is 3.10. The van der Waals surface area contributed by atoms with Crippen molar-refractivity contribution in [1.82, 2.24) is 4.90 Å². The molecule has 1 aromatic heterocycles. The average molecular weight is 352 g/mol. The quantitative estimate of drug-likeness (QED) is 0.700. The van der Waals surface area contributed by atoms with Gasteiger partial charge in [-0.1, -0.05) is 17.7 Å². The molecule has 1 aromatic carbocycles. The first-order valence-electron chi connectivity index (χ1n) is 6.95. The van der Waals surface area contributed by atoms with Crippen LogP contribution in [0.1, 0.15) is 15.2 Å². The molecule has 0 saturated carbocycles.